The fraction of sp³-hybridized carbons (Fsp3) is 0.0667. The van der Waals surface area contributed by atoms with Crippen molar-refractivity contribution >= 4 is 46.7 Å². The van der Waals surface area contributed by atoms with E-state index in [4.69, 9.17) is 5.73 Å². The van der Waals surface area contributed by atoms with Crippen LogP contribution in [0.2, 0.25) is 0 Å². The maximum absolute atomic E-state index is 5.63. The summed E-state index contributed by atoms with van der Waals surface area (Å²) in [5, 5.41) is 4.37. The Labute approximate surface area is 144 Å². The minimum atomic E-state index is 0. The van der Waals surface area contributed by atoms with Gasteiger partial charge in [0, 0.05) is 21.7 Å². The number of nitrogens with one attached hydrogen (secondary N) is 1. The van der Waals surface area contributed by atoms with E-state index in [1.165, 1.54) is 3.57 Å². The summed E-state index contributed by atoms with van der Waals surface area (Å²) in [6.45, 7) is 0. The molecule has 0 aliphatic carbocycles. The number of aliphatic imine (C=N–C) groups is 1. The first kappa shape index (κ1) is 17.5. The molecule has 0 atom stereocenters. The van der Waals surface area contributed by atoms with E-state index in [2.05, 4.69) is 38.1 Å². The molecule has 3 N–H and O–H groups in total. The maximum Gasteiger partial charge on any atom is 0.209 e. The zero-order valence-corrected chi connectivity index (χ0v) is 14.4. The molecule has 0 unspecified atom stereocenters. The van der Waals surface area contributed by atoms with E-state index >= 15 is 0 Å². The van der Waals surface area contributed by atoms with Gasteiger partial charge in [-0.15, -0.1) is 12.4 Å². The molecular weight excluding hydrogens is 399 g/mol. The SMILES string of the molecule is CN=C(N)N/N=C(\c1ccccc1)c1ccc(I)cc1.Cl. The highest BCUT2D eigenvalue weighted by atomic mass is 127. The van der Waals surface area contributed by atoms with Crippen LogP contribution in [-0.2, 0) is 0 Å². The highest BCUT2D eigenvalue weighted by Gasteiger charge is 2.07. The monoisotopic (exact) mass is 414 g/mol. The van der Waals surface area contributed by atoms with Crippen molar-refractivity contribution in [1.29, 1.82) is 0 Å². The number of rotatable bonds is 3. The van der Waals surface area contributed by atoms with Crippen LogP contribution in [0, 0.1) is 3.57 Å². The van der Waals surface area contributed by atoms with Gasteiger partial charge in [0.2, 0.25) is 5.96 Å². The van der Waals surface area contributed by atoms with Gasteiger partial charge < -0.3 is 5.73 Å². The standard InChI is InChI=1S/C15H15IN4.ClH/c1-18-15(17)20-19-14(11-5-3-2-4-6-11)12-7-9-13(16)10-8-12;/h2-10H,1H3,(H3,17,18,20);1H/b19-14+;. The van der Waals surface area contributed by atoms with E-state index in [0.717, 1.165) is 16.8 Å². The van der Waals surface area contributed by atoms with Crippen LogP contribution in [0.4, 0.5) is 0 Å². The Hall–Kier alpha value is -1.60. The predicted octanol–water partition coefficient (Wildman–Crippen LogP) is 3.00. The number of guanidine groups is 1. The summed E-state index contributed by atoms with van der Waals surface area (Å²) in [6.07, 6.45) is 0. The van der Waals surface area contributed by atoms with Crippen LogP contribution in [0.1, 0.15) is 11.1 Å². The van der Waals surface area contributed by atoms with Gasteiger partial charge in [-0.2, -0.15) is 5.10 Å². The van der Waals surface area contributed by atoms with Crippen molar-refractivity contribution in [2.45, 2.75) is 0 Å². The van der Waals surface area contributed by atoms with Crippen LogP contribution in [0.5, 0.6) is 0 Å². The van der Waals surface area contributed by atoms with Gasteiger partial charge in [0.05, 0.1) is 5.71 Å². The Kier molecular flexibility index (Phi) is 7.18. The second-order valence-electron chi connectivity index (χ2n) is 4.05. The van der Waals surface area contributed by atoms with Crippen molar-refractivity contribution in [3.63, 3.8) is 0 Å². The van der Waals surface area contributed by atoms with E-state index in [1.807, 2.05) is 54.6 Å². The summed E-state index contributed by atoms with van der Waals surface area (Å²) in [6, 6.07) is 18.1. The number of nitrogens with two attached hydrogens (primary N) is 1. The molecule has 2 aromatic carbocycles. The van der Waals surface area contributed by atoms with Gasteiger partial charge in [-0.1, -0.05) is 42.5 Å². The third-order valence-corrected chi connectivity index (χ3v) is 3.41. The molecule has 0 heterocycles. The number of hydrogen-bond acceptors (Lipinski definition) is 2. The third kappa shape index (κ3) is 5.02. The number of hydrazone groups is 1. The van der Waals surface area contributed by atoms with Gasteiger partial charge in [-0.25, -0.2) is 5.43 Å². The maximum atomic E-state index is 5.63. The zero-order valence-electron chi connectivity index (χ0n) is 11.5. The molecule has 2 aromatic rings. The highest BCUT2D eigenvalue weighted by molar-refractivity contribution is 14.1. The van der Waals surface area contributed by atoms with Gasteiger partial charge >= 0.3 is 0 Å². The predicted molar refractivity (Wildman–Crippen MR) is 99.2 cm³/mol. The van der Waals surface area contributed by atoms with Crippen molar-refractivity contribution in [3.05, 3.63) is 69.3 Å². The molecule has 0 aromatic heterocycles. The van der Waals surface area contributed by atoms with Crippen molar-refractivity contribution in [2.75, 3.05) is 7.05 Å². The second kappa shape index (κ2) is 8.63. The lowest BCUT2D eigenvalue weighted by Gasteiger charge is -2.08. The number of benzene rings is 2. The molecule has 110 valence electrons. The molecule has 21 heavy (non-hydrogen) atoms. The number of hydrogen-bond donors (Lipinski definition) is 2. The Balaban J connectivity index is 0.00000220. The number of halogens is 2. The first-order valence-corrected chi connectivity index (χ1v) is 7.16. The van der Waals surface area contributed by atoms with Crippen molar-refractivity contribution in [1.82, 2.24) is 5.43 Å². The molecular formula is C15H16ClIN4. The van der Waals surface area contributed by atoms with Gasteiger partial charge in [-0.3, -0.25) is 4.99 Å². The smallest absolute Gasteiger partial charge is 0.209 e. The molecule has 0 spiro atoms. The lowest BCUT2D eigenvalue weighted by molar-refractivity contribution is 0.999. The summed E-state index contributed by atoms with van der Waals surface area (Å²) < 4.78 is 1.18. The van der Waals surface area contributed by atoms with Gasteiger partial charge in [-0.05, 0) is 34.7 Å². The zero-order chi connectivity index (χ0) is 14.4. The van der Waals surface area contributed by atoms with Crippen LogP contribution in [0.15, 0.2) is 64.7 Å². The summed E-state index contributed by atoms with van der Waals surface area (Å²) in [5.41, 5.74) is 11.3. The van der Waals surface area contributed by atoms with Crippen molar-refractivity contribution in [2.24, 2.45) is 15.8 Å². The summed E-state index contributed by atoms with van der Waals surface area (Å²) >= 11 is 2.28. The molecule has 0 bridgehead atoms. The van der Waals surface area contributed by atoms with E-state index in [-0.39, 0.29) is 18.4 Å². The minimum Gasteiger partial charge on any atom is -0.369 e. The average molecular weight is 415 g/mol. The fourth-order valence-electron chi connectivity index (χ4n) is 1.66. The topological polar surface area (TPSA) is 62.8 Å². The van der Waals surface area contributed by atoms with Gasteiger partial charge in [0.25, 0.3) is 0 Å². The lowest BCUT2D eigenvalue weighted by atomic mass is 10.0. The fourth-order valence-corrected chi connectivity index (χ4v) is 2.02. The number of nitrogens with zero attached hydrogens (tertiary/aromatic N) is 2. The highest BCUT2D eigenvalue weighted by Crippen LogP contribution is 2.13. The van der Waals surface area contributed by atoms with E-state index in [9.17, 15) is 0 Å². The molecule has 0 saturated heterocycles. The first-order chi connectivity index (χ1) is 9.70. The summed E-state index contributed by atoms with van der Waals surface area (Å²) in [5.74, 6) is 0.281. The molecule has 6 heteroatoms. The third-order valence-electron chi connectivity index (χ3n) is 2.69. The summed E-state index contributed by atoms with van der Waals surface area (Å²) in [4.78, 5) is 3.84. The molecule has 0 saturated carbocycles. The Morgan fingerprint density at radius 1 is 1.00 bits per heavy atom. The normalized spacial score (nSPS) is 11.7. The average Bonchev–Trinajstić information content (AvgIpc) is 2.50. The molecule has 4 nitrogen and oxygen atoms in total. The molecule has 0 radical (unpaired) electrons. The van der Waals surface area contributed by atoms with Crippen LogP contribution in [0.3, 0.4) is 0 Å². The molecule has 2 rings (SSSR count). The first-order valence-electron chi connectivity index (χ1n) is 6.08. The van der Waals surface area contributed by atoms with Crippen LogP contribution < -0.4 is 11.2 Å². The Morgan fingerprint density at radius 2 is 1.57 bits per heavy atom. The minimum absolute atomic E-state index is 0. The van der Waals surface area contributed by atoms with E-state index in [1.54, 1.807) is 7.05 Å². The van der Waals surface area contributed by atoms with Crippen LogP contribution in [0.25, 0.3) is 0 Å². The quantitative estimate of drug-likeness (QED) is 0.351. The van der Waals surface area contributed by atoms with Crippen molar-refractivity contribution in [3.8, 4) is 0 Å². The lowest BCUT2D eigenvalue weighted by Crippen LogP contribution is -2.28. The Bertz CT molecular complexity index is 624. The van der Waals surface area contributed by atoms with Crippen LogP contribution in [-0.4, -0.2) is 18.7 Å². The van der Waals surface area contributed by atoms with Gasteiger partial charge in [0.1, 0.15) is 0 Å². The molecule has 0 amide bonds. The van der Waals surface area contributed by atoms with Crippen LogP contribution >= 0.6 is 35.0 Å². The molecule has 0 fully saturated rings. The van der Waals surface area contributed by atoms with Gasteiger partial charge in [0.15, 0.2) is 0 Å². The second-order valence-corrected chi connectivity index (χ2v) is 5.30. The Morgan fingerprint density at radius 3 is 2.14 bits per heavy atom. The largest absolute Gasteiger partial charge is 0.369 e. The summed E-state index contributed by atoms with van der Waals surface area (Å²) in [7, 11) is 1.62. The van der Waals surface area contributed by atoms with E-state index in [0.29, 0.717) is 0 Å². The molecule has 0 aliphatic heterocycles. The molecule has 0 aliphatic rings. The van der Waals surface area contributed by atoms with Crippen molar-refractivity contribution < 1.29 is 0 Å². The van der Waals surface area contributed by atoms with E-state index < -0.39 is 0 Å².